The lowest BCUT2D eigenvalue weighted by molar-refractivity contribution is -0.121. The first-order valence-corrected chi connectivity index (χ1v) is 11.1. The number of hydrogen-bond acceptors (Lipinski definition) is 5. The average Bonchev–Trinajstić information content (AvgIpc) is 2.74. The smallest absolute Gasteiger partial charge is 0.244 e. The zero-order valence-corrected chi connectivity index (χ0v) is 17.9. The predicted molar refractivity (Wildman–Crippen MR) is 113 cm³/mol. The maximum absolute atomic E-state index is 12.8. The Kier molecular flexibility index (Phi) is 6.79. The minimum Gasteiger partial charge on any atom is -0.497 e. The van der Waals surface area contributed by atoms with Gasteiger partial charge in [0.1, 0.15) is 10.6 Å². The number of sulfonamides is 1. The molecule has 1 saturated heterocycles. The number of anilines is 1. The van der Waals surface area contributed by atoms with E-state index in [0.29, 0.717) is 37.6 Å². The van der Waals surface area contributed by atoms with Crippen molar-refractivity contribution >= 4 is 33.2 Å². The molecule has 1 heterocycles. The van der Waals surface area contributed by atoms with Gasteiger partial charge in [-0.3, -0.25) is 9.69 Å². The van der Waals surface area contributed by atoms with Crippen LogP contribution < -0.4 is 10.1 Å². The highest BCUT2D eigenvalue weighted by Gasteiger charge is 2.32. The first-order valence-electron chi connectivity index (χ1n) is 9.26. The number of rotatable bonds is 6. The molecule has 1 amide bonds. The van der Waals surface area contributed by atoms with E-state index < -0.39 is 10.0 Å². The number of ether oxygens (including phenoxy) is 1. The number of nitrogens with one attached hydrogen (secondary N) is 1. The van der Waals surface area contributed by atoms with E-state index in [4.69, 9.17) is 16.3 Å². The molecule has 7 nitrogen and oxygen atoms in total. The van der Waals surface area contributed by atoms with Gasteiger partial charge in [0, 0.05) is 31.9 Å². The van der Waals surface area contributed by atoms with Gasteiger partial charge in [-0.2, -0.15) is 4.31 Å². The molecule has 1 atom stereocenters. The van der Waals surface area contributed by atoms with E-state index in [1.54, 1.807) is 49.6 Å². The number of carbonyl (C=O) groups excluding carboxylic acids is 1. The summed E-state index contributed by atoms with van der Waals surface area (Å²) in [6, 6.07) is 13.1. The first-order chi connectivity index (χ1) is 13.8. The van der Waals surface area contributed by atoms with Gasteiger partial charge in [-0.25, -0.2) is 8.42 Å². The summed E-state index contributed by atoms with van der Waals surface area (Å²) < 4.78 is 32.2. The number of hydrogen-bond donors (Lipinski definition) is 1. The Labute approximate surface area is 176 Å². The lowest BCUT2D eigenvalue weighted by Crippen LogP contribution is -2.53. The van der Waals surface area contributed by atoms with Crippen LogP contribution in [0.4, 0.5) is 5.69 Å². The highest BCUT2D eigenvalue weighted by Crippen LogP contribution is 2.25. The molecule has 1 aliphatic rings. The number of amides is 1. The second kappa shape index (κ2) is 9.13. The van der Waals surface area contributed by atoms with Crippen LogP contribution in [0.5, 0.6) is 5.75 Å². The standard InChI is InChI=1S/C20H24ClN3O4S/c1-15(20(25)22-16-7-9-17(28-2)10-8-16)23-11-13-24(14-12-23)29(26,27)19-6-4-3-5-18(19)21/h3-10,15H,11-14H2,1-2H3,(H,22,25). The normalized spacial score (nSPS) is 16.9. The van der Waals surface area contributed by atoms with E-state index in [2.05, 4.69) is 5.32 Å². The summed E-state index contributed by atoms with van der Waals surface area (Å²) in [5.74, 6) is 0.574. The summed E-state index contributed by atoms with van der Waals surface area (Å²) in [6.45, 7) is 3.33. The van der Waals surface area contributed by atoms with E-state index in [9.17, 15) is 13.2 Å². The average molecular weight is 438 g/mol. The summed E-state index contributed by atoms with van der Waals surface area (Å²) in [5, 5.41) is 3.09. The molecule has 2 aromatic rings. The predicted octanol–water partition coefficient (Wildman–Crippen LogP) is 2.68. The topological polar surface area (TPSA) is 79.0 Å². The van der Waals surface area contributed by atoms with Crippen molar-refractivity contribution in [1.82, 2.24) is 9.21 Å². The third kappa shape index (κ3) is 4.90. The quantitative estimate of drug-likeness (QED) is 0.751. The second-order valence-corrected chi connectivity index (χ2v) is 9.08. The molecule has 0 spiro atoms. The van der Waals surface area contributed by atoms with Crippen LogP contribution in [0.1, 0.15) is 6.92 Å². The SMILES string of the molecule is COc1ccc(NC(=O)C(C)N2CCN(S(=O)(=O)c3ccccc3Cl)CC2)cc1. The van der Waals surface area contributed by atoms with Crippen LogP contribution >= 0.6 is 11.6 Å². The van der Waals surface area contributed by atoms with Crippen molar-refractivity contribution < 1.29 is 17.9 Å². The van der Waals surface area contributed by atoms with Gasteiger partial charge in [0.05, 0.1) is 18.2 Å². The fourth-order valence-corrected chi connectivity index (χ4v) is 5.13. The lowest BCUT2D eigenvalue weighted by Gasteiger charge is -2.36. The van der Waals surface area contributed by atoms with Gasteiger partial charge in [0.25, 0.3) is 0 Å². The second-order valence-electron chi connectivity index (χ2n) is 6.76. The number of piperazine rings is 1. The molecule has 1 aliphatic heterocycles. The third-order valence-corrected chi connectivity index (χ3v) is 7.41. The third-order valence-electron chi connectivity index (χ3n) is 5.01. The van der Waals surface area contributed by atoms with E-state index in [1.807, 2.05) is 11.8 Å². The number of nitrogens with zero attached hydrogens (tertiary/aromatic N) is 2. The number of methoxy groups -OCH3 is 1. The van der Waals surface area contributed by atoms with Gasteiger partial charge in [0.15, 0.2) is 0 Å². The Morgan fingerprint density at radius 1 is 1.07 bits per heavy atom. The number of halogens is 1. The fourth-order valence-electron chi connectivity index (χ4n) is 3.21. The molecule has 1 fully saturated rings. The Bertz CT molecular complexity index is 958. The summed E-state index contributed by atoms with van der Waals surface area (Å²) in [6.07, 6.45) is 0. The van der Waals surface area contributed by atoms with Crippen molar-refractivity contribution in [2.45, 2.75) is 17.9 Å². The van der Waals surface area contributed by atoms with Crippen molar-refractivity contribution in [2.75, 3.05) is 38.6 Å². The molecule has 0 saturated carbocycles. The van der Waals surface area contributed by atoms with Crippen molar-refractivity contribution in [1.29, 1.82) is 0 Å². The number of carbonyl (C=O) groups is 1. The van der Waals surface area contributed by atoms with Crippen molar-refractivity contribution in [3.05, 3.63) is 53.6 Å². The molecule has 1 N–H and O–H groups in total. The molecule has 156 valence electrons. The molecular formula is C20H24ClN3O4S. The van der Waals surface area contributed by atoms with Crippen LogP contribution in [0.25, 0.3) is 0 Å². The van der Waals surface area contributed by atoms with Crippen molar-refractivity contribution in [2.24, 2.45) is 0 Å². The van der Waals surface area contributed by atoms with Crippen LogP contribution in [-0.2, 0) is 14.8 Å². The number of benzene rings is 2. The molecular weight excluding hydrogens is 414 g/mol. The van der Waals surface area contributed by atoms with E-state index in [1.165, 1.54) is 10.4 Å². The minimum absolute atomic E-state index is 0.111. The summed E-state index contributed by atoms with van der Waals surface area (Å²) in [5.41, 5.74) is 0.683. The Hall–Kier alpha value is -2.13. The van der Waals surface area contributed by atoms with Gasteiger partial charge in [-0.15, -0.1) is 0 Å². The minimum atomic E-state index is -3.65. The highest BCUT2D eigenvalue weighted by molar-refractivity contribution is 7.89. The summed E-state index contributed by atoms with van der Waals surface area (Å²) in [4.78, 5) is 14.7. The molecule has 9 heteroatoms. The van der Waals surface area contributed by atoms with Gasteiger partial charge < -0.3 is 10.1 Å². The molecule has 0 aromatic heterocycles. The van der Waals surface area contributed by atoms with Gasteiger partial charge >= 0.3 is 0 Å². The zero-order chi connectivity index (χ0) is 21.0. The van der Waals surface area contributed by atoms with Gasteiger partial charge in [-0.05, 0) is 43.3 Å². The maximum atomic E-state index is 12.8. The Morgan fingerprint density at radius 2 is 1.69 bits per heavy atom. The van der Waals surface area contributed by atoms with Crippen molar-refractivity contribution in [3.8, 4) is 5.75 Å². The molecule has 0 bridgehead atoms. The van der Waals surface area contributed by atoms with Crippen LogP contribution in [0, 0.1) is 0 Å². The maximum Gasteiger partial charge on any atom is 0.244 e. The molecule has 1 unspecified atom stereocenters. The van der Waals surface area contributed by atoms with E-state index in [0.717, 1.165) is 0 Å². The van der Waals surface area contributed by atoms with Gasteiger partial charge in [-0.1, -0.05) is 23.7 Å². The van der Waals surface area contributed by atoms with Crippen molar-refractivity contribution in [3.63, 3.8) is 0 Å². The Balaban J connectivity index is 1.59. The van der Waals surface area contributed by atoms with Crippen LogP contribution in [0.3, 0.4) is 0 Å². The van der Waals surface area contributed by atoms with Crippen LogP contribution in [0.2, 0.25) is 5.02 Å². The van der Waals surface area contributed by atoms with E-state index >= 15 is 0 Å². The largest absolute Gasteiger partial charge is 0.497 e. The molecule has 2 aromatic carbocycles. The highest BCUT2D eigenvalue weighted by atomic mass is 35.5. The Morgan fingerprint density at radius 3 is 2.28 bits per heavy atom. The lowest BCUT2D eigenvalue weighted by atomic mass is 10.2. The first kappa shape index (κ1) is 21.6. The molecule has 3 rings (SSSR count). The summed E-state index contributed by atoms with van der Waals surface area (Å²) >= 11 is 6.07. The summed E-state index contributed by atoms with van der Waals surface area (Å²) in [7, 11) is -2.07. The van der Waals surface area contributed by atoms with E-state index in [-0.39, 0.29) is 21.9 Å². The molecule has 0 radical (unpaired) electrons. The van der Waals surface area contributed by atoms with Gasteiger partial charge in [0.2, 0.25) is 15.9 Å². The zero-order valence-electron chi connectivity index (χ0n) is 16.3. The molecule has 0 aliphatic carbocycles. The van der Waals surface area contributed by atoms with Crippen LogP contribution in [0.15, 0.2) is 53.4 Å². The van der Waals surface area contributed by atoms with Crippen LogP contribution in [-0.4, -0.2) is 62.9 Å². The fraction of sp³-hybridized carbons (Fsp3) is 0.350. The molecule has 29 heavy (non-hydrogen) atoms. The monoisotopic (exact) mass is 437 g/mol.